The van der Waals surface area contributed by atoms with Crippen LogP contribution in [0.1, 0.15) is 65.2 Å². The minimum absolute atomic E-state index is 0.211. The Morgan fingerprint density at radius 3 is 2.07 bits per heavy atom. The number of carbonyl (C=O) groups is 1. The number of nitrogens with zero attached hydrogens (tertiary/aromatic N) is 1. The number of carbonyl (C=O) groups excluding carboxylic acids is 1. The van der Waals surface area contributed by atoms with Gasteiger partial charge in [-0.1, -0.05) is 58.1 Å². The predicted molar refractivity (Wildman–Crippen MR) is 118 cm³/mol. The number of rotatable bonds is 6. The molecule has 1 aliphatic carbocycles. The van der Waals surface area contributed by atoms with Gasteiger partial charge in [0.1, 0.15) is 0 Å². The van der Waals surface area contributed by atoms with E-state index < -0.39 is 0 Å². The van der Waals surface area contributed by atoms with Crippen molar-refractivity contribution in [2.75, 3.05) is 26.7 Å². The van der Waals surface area contributed by atoms with E-state index in [1.807, 2.05) is 26.0 Å². The number of hydrogen-bond donors (Lipinski definition) is 1. The minimum Gasteiger partial charge on any atom is -0.356 e. The van der Waals surface area contributed by atoms with E-state index >= 15 is 0 Å². The molecule has 1 saturated heterocycles. The average Bonchev–Trinajstić information content (AvgIpc) is 2.67. The van der Waals surface area contributed by atoms with Gasteiger partial charge in [-0.2, -0.15) is 0 Å². The van der Waals surface area contributed by atoms with Gasteiger partial charge in [-0.05, 0) is 76.1 Å². The molecular weight excluding hydrogens is 332 g/mol. The molecule has 27 heavy (non-hydrogen) atoms. The molecule has 1 saturated carbocycles. The summed E-state index contributed by atoms with van der Waals surface area (Å²) in [6.07, 6.45) is 14.9. The van der Waals surface area contributed by atoms with Gasteiger partial charge in [0.2, 0.25) is 5.91 Å². The van der Waals surface area contributed by atoms with Crippen LogP contribution in [0.15, 0.2) is 37.0 Å². The summed E-state index contributed by atoms with van der Waals surface area (Å²) in [5.74, 6) is 1.75. The van der Waals surface area contributed by atoms with Crippen LogP contribution in [0, 0.1) is 17.8 Å². The molecule has 0 radical (unpaired) electrons. The van der Waals surface area contributed by atoms with E-state index in [1.165, 1.54) is 18.4 Å². The third-order valence-electron chi connectivity index (χ3n) is 6.00. The maximum Gasteiger partial charge on any atom is 0.223 e. The summed E-state index contributed by atoms with van der Waals surface area (Å²) in [5, 5.41) is 3.25. The number of hydrogen-bond acceptors (Lipinski definition) is 2. The fourth-order valence-corrected chi connectivity index (χ4v) is 4.27. The van der Waals surface area contributed by atoms with E-state index in [9.17, 15) is 4.79 Å². The van der Waals surface area contributed by atoms with Crippen molar-refractivity contribution < 1.29 is 4.79 Å². The molecule has 0 atom stereocenters. The van der Waals surface area contributed by atoms with Gasteiger partial charge in [-0.25, -0.2) is 0 Å². The standard InChI is InChI=1S/C22H36N2O.C2H6/c1-4-8-19(5-2)20-9-6-11-21(12-7-10-20)22(25)23-17-18-13-15-24(3)16-14-18;1-2/h4-5,8,18,20-21H,1-2,6-7,9-17H2,3H3,(H,23,25);1-2H3/b19-8+;. The average molecular weight is 375 g/mol. The number of piperidine rings is 1. The van der Waals surface area contributed by atoms with Crippen molar-refractivity contribution in [3.8, 4) is 0 Å². The Kier molecular flexibility index (Phi) is 12.1. The van der Waals surface area contributed by atoms with Gasteiger partial charge in [-0.15, -0.1) is 0 Å². The van der Waals surface area contributed by atoms with Gasteiger partial charge in [0.25, 0.3) is 0 Å². The van der Waals surface area contributed by atoms with Crippen LogP contribution in [-0.2, 0) is 4.79 Å². The highest BCUT2D eigenvalue weighted by atomic mass is 16.1. The second kappa shape index (κ2) is 13.8. The zero-order valence-electron chi connectivity index (χ0n) is 18.0. The van der Waals surface area contributed by atoms with Crippen LogP contribution < -0.4 is 5.32 Å². The number of nitrogens with one attached hydrogen (secondary N) is 1. The first kappa shape index (κ1) is 23.7. The Hall–Kier alpha value is -1.35. The molecule has 0 aromatic rings. The van der Waals surface area contributed by atoms with E-state index in [-0.39, 0.29) is 5.92 Å². The van der Waals surface area contributed by atoms with Crippen LogP contribution in [0.2, 0.25) is 0 Å². The van der Waals surface area contributed by atoms with Crippen molar-refractivity contribution in [1.29, 1.82) is 0 Å². The molecule has 0 bridgehead atoms. The topological polar surface area (TPSA) is 32.3 Å². The number of allylic oxidation sites excluding steroid dienone is 4. The Morgan fingerprint density at radius 2 is 1.56 bits per heavy atom. The second-order valence-electron chi connectivity index (χ2n) is 7.85. The molecule has 2 rings (SSSR count). The summed E-state index contributed by atoms with van der Waals surface area (Å²) < 4.78 is 0. The van der Waals surface area contributed by atoms with Crippen LogP contribution in [0.25, 0.3) is 0 Å². The van der Waals surface area contributed by atoms with Gasteiger partial charge in [0.15, 0.2) is 0 Å². The van der Waals surface area contributed by atoms with Crippen LogP contribution in [-0.4, -0.2) is 37.5 Å². The lowest BCUT2D eigenvalue weighted by molar-refractivity contribution is -0.125. The van der Waals surface area contributed by atoms with Crippen LogP contribution in [0.4, 0.5) is 0 Å². The van der Waals surface area contributed by atoms with Crippen LogP contribution >= 0.6 is 0 Å². The first-order chi connectivity index (χ1) is 13.1. The maximum atomic E-state index is 12.6. The molecule has 2 aliphatic rings. The molecule has 0 unspecified atom stereocenters. The monoisotopic (exact) mass is 374 g/mol. The molecule has 0 aromatic heterocycles. The molecule has 2 fully saturated rings. The number of amides is 1. The molecule has 154 valence electrons. The highest BCUT2D eigenvalue weighted by Crippen LogP contribution is 2.31. The van der Waals surface area contributed by atoms with Crippen molar-refractivity contribution in [1.82, 2.24) is 10.2 Å². The van der Waals surface area contributed by atoms with E-state index in [1.54, 1.807) is 0 Å². The van der Waals surface area contributed by atoms with Crippen molar-refractivity contribution in [2.45, 2.75) is 65.2 Å². The summed E-state index contributed by atoms with van der Waals surface area (Å²) in [6, 6.07) is 0. The Bertz CT molecular complexity index is 465. The molecule has 0 aromatic carbocycles. The van der Waals surface area contributed by atoms with Gasteiger partial charge < -0.3 is 10.2 Å². The molecule has 1 N–H and O–H groups in total. The van der Waals surface area contributed by atoms with Crippen LogP contribution in [0.5, 0.6) is 0 Å². The maximum absolute atomic E-state index is 12.6. The van der Waals surface area contributed by atoms with E-state index in [2.05, 4.69) is 36.5 Å². The molecule has 3 nitrogen and oxygen atoms in total. The quantitative estimate of drug-likeness (QED) is 0.635. The number of likely N-dealkylation sites (tertiary alicyclic amines) is 1. The highest BCUT2D eigenvalue weighted by Gasteiger charge is 2.24. The fraction of sp³-hybridized carbons (Fsp3) is 0.708. The van der Waals surface area contributed by atoms with E-state index in [4.69, 9.17) is 0 Å². The van der Waals surface area contributed by atoms with Crippen LogP contribution in [0.3, 0.4) is 0 Å². The van der Waals surface area contributed by atoms with E-state index in [0.717, 1.165) is 58.2 Å². The Labute approximate surface area is 168 Å². The smallest absolute Gasteiger partial charge is 0.223 e. The lowest BCUT2D eigenvalue weighted by Gasteiger charge is -2.30. The van der Waals surface area contributed by atoms with Gasteiger partial charge in [0.05, 0.1) is 0 Å². The normalized spacial score (nSPS) is 25.4. The first-order valence-electron chi connectivity index (χ1n) is 11.0. The predicted octanol–water partition coefficient (Wildman–Crippen LogP) is 5.36. The molecule has 0 spiro atoms. The SMILES string of the molecule is C=C/C=C(\C=C)C1CCCC(C(=O)NCC2CCN(C)CC2)CCC1.CC. The van der Waals surface area contributed by atoms with Crippen molar-refractivity contribution in [3.05, 3.63) is 37.0 Å². The van der Waals surface area contributed by atoms with Gasteiger partial charge in [0, 0.05) is 12.5 Å². The molecule has 3 heteroatoms. The summed E-state index contributed by atoms with van der Waals surface area (Å²) in [6.45, 7) is 14.9. The Balaban J connectivity index is 0.00000176. The summed E-state index contributed by atoms with van der Waals surface area (Å²) in [5.41, 5.74) is 1.31. The zero-order chi connectivity index (χ0) is 20.1. The Morgan fingerprint density at radius 1 is 1.00 bits per heavy atom. The fourth-order valence-electron chi connectivity index (χ4n) is 4.27. The lowest BCUT2D eigenvalue weighted by atomic mass is 9.81. The van der Waals surface area contributed by atoms with Gasteiger partial charge in [-0.3, -0.25) is 4.79 Å². The van der Waals surface area contributed by atoms with Crippen molar-refractivity contribution in [3.63, 3.8) is 0 Å². The summed E-state index contributed by atoms with van der Waals surface area (Å²) in [7, 11) is 2.18. The molecule has 1 heterocycles. The summed E-state index contributed by atoms with van der Waals surface area (Å²) in [4.78, 5) is 15.0. The second-order valence-corrected chi connectivity index (χ2v) is 7.85. The zero-order valence-corrected chi connectivity index (χ0v) is 18.0. The highest BCUT2D eigenvalue weighted by molar-refractivity contribution is 5.78. The summed E-state index contributed by atoms with van der Waals surface area (Å²) >= 11 is 0. The minimum atomic E-state index is 0.211. The lowest BCUT2D eigenvalue weighted by Crippen LogP contribution is -2.39. The third kappa shape index (κ3) is 8.47. The molecular formula is C24H42N2O. The molecule has 1 aliphatic heterocycles. The first-order valence-corrected chi connectivity index (χ1v) is 11.0. The van der Waals surface area contributed by atoms with Crippen molar-refractivity contribution in [2.24, 2.45) is 17.8 Å². The van der Waals surface area contributed by atoms with Crippen molar-refractivity contribution >= 4 is 5.91 Å². The van der Waals surface area contributed by atoms with Gasteiger partial charge >= 0.3 is 0 Å². The van der Waals surface area contributed by atoms with E-state index in [0.29, 0.717) is 17.7 Å². The third-order valence-corrected chi connectivity index (χ3v) is 6.00. The largest absolute Gasteiger partial charge is 0.356 e. The molecule has 1 amide bonds.